The SMILES string of the molecule is B[C@@H]1[C@@H](C)C(=O)[C@@H](C)C(=O)O[C@H](CC)[C@@]2(C)OC(=O)N(CCCCn3cc(-c4cnc(N)s4)nn3)[C@@H]2[C@H](C)N(C)CC[C@@H](C)C[C@@]1(C)OC. The zero-order chi connectivity index (χ0) is 36.3. The number of fused-ring (bicyclic) bond motifs is 1. The van der Waals surface area contributed by atoms with Crippen LogP contribution in [0.3, 0.4) is 0 Å². The quantitative estimate of drug-likeness (QED) is 0.183. The number of hydrogen-bond acceptors (Lipinski definition) is 12. The maximum absolute atomic E-state index is 13.7. The van der Waals surface area contributed by atoms with Crippen molar-refractivity contribution in [2.24, 2.45) is 17.8 Å². The van der Waals surface area contributed by atoms with Crippen LogP contribution < -0.4 is 5.73 Å². The molecule has 0 unspecified atom stereocenters. The van der Waals surface area contributed by atoms with Crippen LogP contribution in [0.4, 0.5) is 9.93 Å². The van der Waals surface area contributed by atoms with E-state index in [0.717, 1.165) is 36.4 Å². The van der Waals surface area contributed by atoms with Gasteiger partial charge in [0.2, 0.25) is 0 Å². The largest absolute Gasteiger partial charge is 0.458 e. The zero-order valence-electron chi connectivity index (χ0n) is 31.0. The first-order valence-corrected chi connectivity index (χ1v) is 18.5. The van der Waals surface area contributed by atoms with Crippen LogP contribution in [0.2, 0.25) is 5.82 Å². The number of anilines is 1. The Kier molecular flexibility index (Phi) is 12.6. The highest BCUT2D eigenvalue weighted by atomic mass is 32.1. The monoisotopic (exact) mass is 701 g/mol. The summed E-state index contributed by atoms with van der Waals surface area (Å²) in [7, 11) is 5.81. The third-order valence-corrected chi connectivity index (χ3v) is 12.2. The number of hydrogen-bond donors (Lipinski definition) is 1. The number of likely N-dealkylation sites (N-methyl/N-ethyl adjacent to an activating group) is 1. The lowest BCUT2D eigenvalue weighted by Crippen LogP contribution is -2.61. The van der Waals surface area contributed by atoms with Gasteiger partial charge >= 0.3 is 12.1 Å². The van der Waals surface area contributed by atoms with Gasteiger partial charge in [-0.1, -0.05) is 37.3 Å². The summed E-state index contributed by atoms with van der Waals surface area (Å²) in [5, 5.41) is 8.98. The number of methoxy groups -OCH3 is 1. The maximum atomic E-state index is 13.7. The number of esters is 1. The summed E-state index contributed by atoms with van der Waals surface area (Å²) in [4.78, 5) is 50.1. The fraction of sp³-hybridized carbons (Fsp3) is 0.765. The van der Waals surface area contributed by atoms with E-state index in [1.807, 2.05) is 34.8 Å². The number of ether oxygens (including phenoxy) is 3. The predicted molar refractivity (Wildman–Crippen MR) is 192 cm³/mol. The first kappa shape index (κ1) is 38.8. The van der Waals surface area contributed by atoms with Gasteiger partial charge in [0.1, 0.15) is 31.3 Å². The van der Waals surface area contributed by atoms with Crippen LogP contribution in [0.25, 0.3) is 10.6 Å². The van der Waals surface area contributed by atoms with Gasteiger partial charge in [-0.05, 0) is 85.1 Å². The molecule has 0 bridgehead atoms. The van der Waals surface area contributed by atoms with Crippen molar-refractivity contribution in [3.8, 4) is 10.6 Å². The predicted octanol–water partition coefficient (Wildman–Crippen LogP) is 4.08. The molecule has 2 aromatic rings. The normalized spacial score (nSPS) is 34.1. The number of rotatable bonds is 8. The molecule has 49 heavy (non-hydrogen) atoms. The minimum absolute atomic E-state index is 0.121. The van der Waals surface area contributed by atoms with E-state index in [1.54, 1.807) is 29.8 Å². The molecular weight excluding hydrogens is 645 g/mol. The Morgan fingerprint density at radius 2 is 1.84 bits per heavy atom. The summed E-state index contributed by atoms with van der Waals surface area (Å²) >= 11 is 1.36. The Morgan fingerprint density at radius 3 is 2.47 bits per heavy atom. The molecule has 4 rings (SSSR count). The Morgan fingerprint density at radius 1 is 1.14 bits per heavy atom. The van der Waals surface area contributed by atoms with E-state index < -0.39 is 47.2 Å². The van der Waals surface area contributed by atoms with Crippen molar-refractivity contribution in [2.75, 3.05) is 33.0 Å². The van der Waals surface area contributed by atoms with Gasteiger partial charge in [-0.25, -0.2) is 9.78 Å². The number of unbranched alkanes of at least 4 members (excludes halogenated alkanes) is 1. The van der Waals surface area contributed by atoms with Crippen molar-refractivity contribution in [1.29, 1.82) is 0 Å². The molecule has 2 aliphatic rings. The van der Waals surface area contributed by atoms with E-state index in [0.29, 0.717) is 37.0 Å². The van der Waals surface area contributed by atoms with E-state index in [4.69, 9.17) is 19.9 Å². The number of ketones is 1. The first-order chi connectivity index (χ1) is 23.1. The highest BCUT2D eigenvalue weighted by molar-refractivity contribution is 7.18. The molecule has 2 aromatic heterocycles. The Balaban J connectivity index is 1.56. The van der Waals surface area contributed by atoms with Crippen molar-refractivity contribution < 1.29 is 28.6 Å². The van der Waals surface area contributed by atoms with Gasteiger partial charge < -0.3 is 24.8 Å². The minimum Gasteiger partial charge on any atom is -0.458 e. The summed E-state index contributed by atoms with van der Waals surface area (Å²) in [6.07, 6.45) is 5.93. The van der Waals surface area contributed by atoms with Gasteiger partial charge in [-0.15, -0.1) is 5.10 Å². The molecule has 4 heterocycles. The number of amides is 1. The van der Waals surface area contributed by atoms with E-state index in [9.17, 15) is 14.4 Å². The van der Waals surface area contributed by atoms with Gasteiger partial charge in [-0.2, -0.15) is 0 Å². The molecule has 0 radical (unpaired) electrons. The summed E-state index contributed by atoms with van der Waals surface area (Å²) in [6.45, 7) is 15.5. The maximum Gasteiger partial charge on any atom is 0.410 e. The van der Waals surface area contributed by atoms with Crippen molar-refractivity contribution in [1.82, 2.24) is 29.8 Å². The molecular formula is C34H56BN7O6S. The Labute approximate surface area is 296 Å². The third-order valence-electron chi connectivity index (χ3n) is 11.4. The van der Waals surface area contributed by atoms with Crippen LogP contribution >= 0.6 is 11.3 Å². The van der Waals surface area contributed by atoms with Gasteiger partial charge in [0.05, 0.1) is 22.7 Å². The number of carbonyl (C=O) groups is 3. The molecule has 0 spiro atoms. The molecule has 2 aliphatic heterocycles. The fourth-order valence-electron chi connectivity index (χ4n) is 7.69. The fourth-order valence-corrected chi connectivity index (χ4v) is 8.32. The second-order valence-electron chi connectivity index (χ2n) is 14.7. The molecule has 1 amide bonds. The molecule has 9 atom stereocenters. The smallest absolute Gasteiger partial charge is 0.410 e. The van der Waals surface area contributed by atoms with Crippen LogP contribution in [0, 0.1) is 17.8 Å². The minimum atomic E-state index is -1.13. The molecule has 0 aromatic carbocycles. The molecule has 15 heteroatoms. The number of nitrogens with zero attached hydrogens (tertiary/aromatic N) is 6. The summed E-state index contributed by atoms with van der Waals surface area (Å²) in [5.74, 6) is -1.99. The lowest BCUT2D eigenvalue weighted by Gasteiger charge is -2.44. The molecule has 13 nitrogen and oxygen atoms in total. The van der Waals surface area contributed by atoms with Gasteiger partial charge in [0.15, 0.2) is 10.7 Å². The molecule has 0 saturated carbocycles. The third kappa shape index (κ3) is 8.31. The second kappa shape index (κ2) is 15.9. The van der Waals surface area contributed by atoms with E-state index in [-0.39, 0.29) is 17.6 Å². The van der Waals surface area contributed by atoms with Crippen molar-refractivity contribution in [3.63, 3.8) is 0 Å². The van der Waals surface area contributed by atoms with E-state index in [1.165, 1.54) is 11.3 Å². The van der Waals surface area contributed by atoms with Gasteiger partial charge in [0, 0.05) is 38.4 Å². The van der Waals surface area contributed by atoms with Crippen LogP contribution in [0.5, 0.6) is 0 Å². The number of nitrogen functional groups attached to an aromatic ring is 1. The number of cyclic esters (lactones) is 1. The lowest BCUT2D eigenvalue weighted by atomic mass is 9.62. The first-order valence-electron chi connectivity index (χ1n) is 17.7. The number of thiazole rings is 1. The standard InChI is InChI=1S/C34H56BN7O6S/c1-10-26-34(7)29(42(32(45)48-34)15-12-11-14-41-19-24(38-39-41)25-18-37-31(36)49-25)23(5)40(8)16-13-20(2)17-33(6,46-9)28(35)21(3)27(43)22(4)30(44)47-26/h18-23,26,28-29H,10-17,35H2,1-9H3,(H2,36,37)/t20-,21+,22-,23+,26-,28-,29-,33-,34-/m1/s1. The highest BCUT2D eigenvalue weighted by Gasteiger charge is 2.59. The topological polar surface area (TPSA) is 155 Å². The average Bonchev–Trinajstić information content (AvgIpc) is 3.79. The number of aryl methyl sites for hydroxylation is 1. The number of nitrogens with two attached hydrogens (primary N) is 1. The summed E-state index contributed by atoms with van der Waals surface area (Å²) < 4.78 is 20.2. The number of aromatic nitrogens is 4. The molecule has 272 valence electrons. The molecule has 2 fully saturated rings. The van der Waals surface area contributed by atoms with Crippen molar-refractivity contribution in [3.05, 3.63) is 12.4 Å². The van der Waals surface area contributed by atoms with E-state index in [2.05, 4.69) is 48.0 Å². The summed E-state index contributed by atoms with van der Waals surface area (Å²) in [6, 6.07) is -0.532. The van der Waals surface area contributed by atoms with Crippen LogP contribution in [-0.4, -0.2) is 112 Å². The van der Waals surface area contributed by atoms with Crippen LogP contribution in [0.1, 0.15) is 80.6 Å². The molecule has 2 N–H and O–H groups in total. The van der Waals surface area contributed by atoms with Crippen molar-refractivity contribution in [2.45, 2.75) is 122 Å². The van der Waals surface area contributed by atoms with Crippen LogP contribution in [0.15, 0.2) is 12.4 Å². The Hall–Kier alpha value is -3.04. The second-order valence-corrected chi connectivity index (χ2v) is 15.8. The van der Waals surface area contributed by atoms with Crippen LogP contribution in [-0.2, 0) is 30.3 Å². The van der Waals surface area contributed by atoms with Gasteiger partial charge in [-0.3, -0.25) is 19.2 Å². The lowest BCUT2D eigenvalue weighted by molar-refractivity contribution is -0.171. The number of Topliss-reactive ketones (excluding diaryl/α,β-unsaturated/α-hetero) is 1. The average molecular weight is 702 g/mol. The summed E-state index contributed by atoms with van der Waals surface area (Å²) in [5.41, 5.74) is 4.81. The Bertz CT molecular complexity index is 1460. The zero-order valence-corrected chi connectivity index (χ0v) is 31.8. The van der Waals surface area contributed by atoms with E-state index >= 15 is 0 Å². The number of carbonyl (C=O) groups excluding carboxylic acids is 3. The van der Waals surface area contributed by atoms with Gasteiger partial charge in [0.25, 0.3) is 0 Å². The van der Waals surface area contributed by atoms with Crippen molar-refractivity contribution >= 4 is 42.2 Å². The molecule has 0 aliphatic carbocycles. The highest BCUT2D eigenvalue weighted by Crippen LogP contribution is 2.41. The molecule has 2 saturated heterocycles.